The molecule has 134 valence electrons. The Morgan fingerprint density at radius 2 is 2.12 bits per heavy atom. The van der Waals surface area contributed by atoms with Crippen molar-refractivity contribution in [1.82, 2.24) is 19.8 Å². The van der Waals surface area contributed by atoms with Crippen molar-refractivity contribution >= 4 is 11.8 Å². The summed E-state index contributed by atoms with van der Waals surface area (Å²) in [6, 6.07) is 0. The number of nitrogens with one attached hydrogen (secondary N) is 1. The summed E-state index contributed by atoms with van der Waals surface area (Å²) in [5.41, 5.74) is -0.747. The predicted molar refractivity (Wildman–Crippen MR) is 91.3 cm³/mol. The van der Waals surface area contributed by atoms with Crippen LogP contribution in [0.25, 0.3) is 0 Å². The minimum atomic E-state index is -0.460. The molecule has 1 N–H and O–H groups in total. The van der Waals surface area contributed by atoms with E-state index >= 15 is 0 Å². The number of piperidine rings is 1. The van der Waals surface area contributed by atoms with Crippen molar-refractivity contribution in [1.29, 1.82) is 0 Å². The van der Waals surface area contributed by atoms with Gasteiger partial charge in [0.05, 0.1) is 5.41 Å². The molecule has 7 heteroatoms. The van der Waals surface area contributed by atoms with Gasteiger partial charge in [0.25, 0.3) is 11.5 Å². The first-order valence-electron chi connectivity index (χ1n) is 9.22. The van der Waals surface area contributed by atoms with Gasteiger partial charge in [-0.3, -0.25) is 14.4 Å². The van der Waals surface area contributed by atoms with Crippen LogP contribution in [0.1, 0.15) is 61.1 Å². The molecule has 1 aromatic heterocycles. The van der Waals surface area contributed by atoms with Crippen LogP contribution in [0.4, 0.5) is 0 Å². The van der Waals surface area contributed by atoms with Crippen LogP contribution in [0.5, 0.6) is 0 Å². The van der Waals surface area contributed by atoms with Gasteiger partial charge in [0.2, 0.25) is 5.91 Å². The lowest BCUT2D eigenvalue weighted by Crippen LogP contribution is -2.50. The third-order valence-electron chi connectivity index (χ3n) is 5.86. The lowest BCUT2D eigenvalue weighted by molar-refractivity contribution is -0.145. The van der Waals surface area contributed by atoms with Gasteiger partial charge in [-0.15, -0.1) is 0 Å². The largest absolute Gasteiger partial charge is 0.342 e. The number of nitrogens with zero attached hydrogens (tertiary/aromatic N) is 3. The number of likely N-dealkylation sites (tertiary alicyclic amines) is 2. The molecule has 3 fully saturated rings. The molecule has 0 bridgehead atoms. The zero-order valence-electron chi connectivity index (χ0n) is 14.6. The molecule has 1 unspecified atom stereocenters. The number of carbonyl (C=O) groups is 2. The molecule has 2 amide bonds. The Bertz CT molecular complexity index is 770. The van der Waals surface area contributed by atoms with Crippen LogP contribution < -0.4 is 5.56 Å². The van der Waals surface area contributed by atoms with Crippen LogP contribution >= 0.6 is 0 Å². The average Bonchev–Trinajstić information content (AvgIpc) is 3.38. The number of carbonyl (C=O) groups excluding carboxylic acids is 2. The van der Waals surface area contributed by atoms with E-state index in [1.807, 2.05) is 11.8 Å². The maximum Gasteiger partial charge on any atom is 0.263 e. The SMILES string of the molecule is CCN1CCCC2(CCN(C(=O)c3cnc(C4CC4)[nH]c3=O)C2)C1=O. The highest BCUT2D eigenvalue weighted by molar-refractivity contribution is 5.95. The van der Waals surface area contributed by atoms with E-state index < -0.39 is 5.41 Å². The molecule has 2 saturated heterocycles. The quantitative estimate of drug-likeness (QED) is 0.890. The summed E-state index contributed by atoms with van der Waals surface area (Å²) in [5.74, 6) is 0.870. The normalized spacial score (nSPS) is 26.5. The molecule has 0 aromatic carbocycles. The van der Waals surface area contributed by atoms with Crippen LogP contribution in [0, 0.1) is 5.41 Å². The highest BCUT2D eigenvalue weighted by Crippen LogP contribution is 2.40. The minimum Gasteiger partial charge on any atom is -0.342 e. The zero-order valence-corrected chi connectivity index (χ0v) is 14.6. The summed E-state index contributed by atoms with van der Waals surface area (Å²) < 4.78 is 0. The standard InChI is InChI=1S/C18H24N4O3/c1-2-21-8-3-6-18(17(21)25)7-9-22(11-18)16(24)13-10-19-14(12-4-5-12)20-15(13)23/h10,12H,2-9,11H2,1H3,(H,19,20,23). The second-order valence-electron chi connectivity index (χ2n) is 7.53. The number of hydrogen-bond donors (Lipinski definition) is 1. The fourth-order valence-corrected chi connectivity index (χ4v) is 4.17. The smallest absolute Gasteiger partial charge is 0.263 e. The van der Waals surface area contributed by atoms with E-state index in [1.165, 1.54) is 6.20 Å². The number of hydrogen-bond acceptors (Lipinski definition) is 4. The fraction of sp³-hybridized carbons (Fsp3) is 0.667. The molecule has 3 aliphatic rings. The van der Waals surface area contributed by atoms with Crippen LogP contribution in [0.3, 0.4) is 0 Å². The lowest BCUT2D eigenvalue weighted by Gasteiger charge is -2.38. The van der Waals surface area contributed by atoms with Gasteiger partial charge >= 0.3 is 0 Å². The van der Waals surface area contributed by atoms with Crippen LogP contribution in [0.2, 0.25) is 0 Å². The number of amides is 2. The van der Waals surface area contributed by atoms with Crippen molar-refractivity contribution in [3.8, 4) is 0 Å². The second-order valence-corrected chi connectivity index (χ2v) is 7.53. The molecule has 1 aliphatic carbocycles. The molecule has 0 radical (unpaired) electrons. The molecule has 1 saturated carbocycles. The number of rotatable bonds is 3. The highest BCUT2D eigenvalue weighted by Gasteiger charge is 2.49. The second kappa shape index (κ2) is 5.97. The molecule has 2 aliphatic heterocycles. The van der Waals surface area contributed by atoms with Gasteiger partial charge in [-0.25, -0.2) is 4.98 Å². The van der Waals surface area contributed by atoms with Gasteiger partial charge in [-0.2, -0.15) is 0 Å². The summed E-state index contributed by atoms with van der Waals surface area (Å²) in [7, 11) is 0. The highest BCUT2D eigenvalue weighted by atomic mass is 16.2. The van der Waals surface area contributed by atoms with Crippen LogP contribution in [0.15, 0.2) is 11.0 Å². The van der Waals surface area contributed by atoms with E-state index in [9.17, 15) is 14.4 Å². The molecular formula is C18H24N4O3. The maximum atomic E-state index is 12.8. The van der Waals surface area contributed by atoms with E-state index in [0.29, 0.717) is 37.8 Å². The Kier molecular flexibility index (Phi) is 3.89. The summed E-state index contributed by atoms with van der Waals surface area (Å²) in [4.78, 5) is 48.4. The van der Waals surface area contributed by atoms with Gasteiger partial charge in [0.15, 0.2) is 0 Å². The van der Waals surface area contributed by atoms with Crippen molar-refractivity contribution in [2.75, 3.05) is 26.2 Å². The molecule has 1 atom stereocenters. The average molecular weight is 344 g/mol. The minimum absolute atomic E-state index is 0.0806. The molecule has 3 heterocycles. The Morgan fingerprint density at radius 3 is 2.80 bits per heavy atom. The first-order valence-corrected chi connectivity index (χ1v) is 9.22. The Balaban J connectivity index is 1.52. The first-order chi connectivity index (χ1) is 12.0. The van der Waals surface area contributed by atoms with Gasteiger partial charge in [-0.1, -0.05) is 0 Å². The molecule has 25 heavy (non-hydrogen) atoms. The van der Waals surface area contributed by atoms with Gasteiger partial charge in [-0.05, 0) is 39.0 Å². The topological polar surface area (TPSA) is 86.4 Å². The van der Waals surface area contributed by atoms with E-state index in [0.717, 1.165) is 32.2 Å². The fourth-order valence-electron chi connectivity index (χ4n) is 4.17. The van der Waals surface area contributed by atoms with Crippen molar-refractivity contribution in [3.05, 3.63) is 27.9 Å². The van der Waals surface area contributed by atoms with Crippen molar-refractivity contribution in [2.45, 2.75) is 44.9 Å². The van der Waals surface area contributed by atoms with Crippen molar-refractivity contribution < 1.29 is 9.59 Å². The van der Waals surface area contributed by atoms with Gasteiger partial charge < -0.3 is 14.8 Å². The molecular weight excluding hydrogens is 320 g/mol. The molecule has 1 aromatic rings. The summed E-state index contributed by atoms with van der Waals surface area (Å²) in [5, 5.41) is 0. The van der Waals surface area contributed by atoms with Crippen molar-refractivity contribution in [3.63, 3.8) is 0 Å². The first kappa shape index (κ1) is 16.3. The number of aromatic nitrogens is 2. The third kappa shape index (κ3) is 2.75. The van der Waals surface area contributed by atoms with Crippen molar-refractivity contribution in [2.24, 2.45) is 5.41 Å². The maximum absolute atomic E-state index is 12.8. The third-order valence-corrected chi connectivity index (χ3v) is 5.86. The summed E-state index contributed by atoms with van der Waals surface area (Å²) in [6.45, 7) is 4.43. The van der Waals surface area contributed by atoms with E-state index in [-0.39, 0.29) is 22.9 Å². The van der Waals surface area contributed by atoms with E-state index in [4.69, 9.17) is 0 Å². The molecule has 1 spiro atoms. The zero-order chi connectivity index (χ0) is 17.6. The molecule has 7 nitrogen and oxygen atoms in total. The van der Waals surface area contributed by atoms with Crippen LogP contribution in [-0.2, 0) is 4.79 Å². The Labute approximate surface area is 146 Å². The van der Waals surface area contributed by atoms with Gasteiger partial charge in [0.1, 0.15) is 11.4 Å². The lowest BCUT2D eigenvalue weighted by atomic mass is 9.78. The number of aromatic amines is 1. The Hall–Kier alpha value is -2.18. The predicted octanol–water partition coefficient (Wildman–Crippen LogP) is 1.12. The summed E-state index contributed by atoms with van der Waals surface area (Å²) in [6.07, 6.45) is 5.96. The molecule has 4 rings (SSSR count). The van der Waals surface area contributed by atoms with Crippen LogP contribution in [-0.4, -0.2) is 57.8 Å². The Morgan fingerprint density at radius 1 is 1.32 bits per heavy atom. The van der Waals surface area contributed by atoms with Gasteiger partial charge in [0, 0.05) is 38.3 Å². The summed E-state index contributed by atoms with van der Waals surface area (Å²) >= 11 is 0. The number of H-pyrrole nitrogens is 1. The monoisotopic (exact) mass is 344 g/mol. The van der Waals surface area contributed by atoms with E-state index in [1.54, 1.807) is 4.90 Å². The van der Waals surface area contributed by atoms with E-state index in [2.05, 4.69) is 9.97 Å².